The third kappa shape index (κ3) is 28.2. The quantitative estimate of drug-likeness (QED) is 0.0494. The van der Waals surface area contributed by atoms with Gasteiger partial charge in [-0.3, -0.25) is 4.79 Å². The molecule has 0 aliphatic carbocycles. The van der Waals surface area contributed by atoms with E-state index in [4.69, 9.17) is 19.7 Å². The van der Waals surface area contributed by atoms with E-state index in [1.54, 1.807) is 79.3 Å². The molecule has 0 amide bonds. The molecule has 6 aromatic heterocycles. The second-order valence-electron chi connectivity index (χ2n) is 15.1. The maximum atomic E-state index is 10.8. The van der Waals surface area contributed by atoms with Gasteiger partial charge in [0.15, 0.2) is 32.2 Å². The van der Waals surface area contributed by atoms with E-state index < -0.39 is 17.3 Å². The summed E-state index contributed by atoms with van der Waals surface area (Å²) in [6.45, 7) is 4.40. The second-order valence-corrected chi connectivity index (χ2v) is 33.3. The van der Waals surface area contributed by atoms with E-state index in [1.165, 1.54) is 56.1 Å². The van der Waals surface area contributed by atoms with Crippen molar-refractivity contribution in [3.8, 4) is 0 Å². The van der Waals surface area contributed by atoms with Crippen LogP contribution in [-0.4, -0.2) is 83.2 Å². The lowest BCUT2D eigenvalue weighted by atomic mass is 10.3. The number of aliphatic hydroxyl groups is 1. The van der Waals surface area contributed by atoms with E-state index in [1.807, 2.05) is 19.2 Å². The fraction of sp³-hybridized carbons (Fsp3) is 0.231. The SMILES string of the molecule is CCCc1cnc(Br)s1.CCCc1cnc(S(N)(=O)=O)s1.CO/C=C\c1cnc(Br)s1.COC[P+](c1ccccc1)(c1ccccc1)c1ccccc1.O=CCc1cnc(Br)s1.O=Cc1cnc(Br)s1.OCCc1cnc(Br)s1.[Cl-]. The lowest BCUT2D eigenvalue weighted by Crippen LogP contribution is -3.00. The van der Waals surface area contributed by atoms with Crippen molar-refractivity contribution in [3.63, 3.8) is 0 Å². The molecule has 14 nitrogen and oxygen atoms in total. The van der Waals surface area contributed by atoms with Gasteiger partial charge >= 0.3 is 0 Å². The molecule has 9 rings (SSSR count). The zero-order chi connectivity index (χ0) is 57.9. The third-order valence-corrected chi connectivity index (χ3v) is 23.4. The number of rotatable bonds is 17. The first-order chi connectivity index (χ1) is 38.0. The molecule has 6 heterocycles. The molecule has 430 valence electrons. The van der Waals surface area contributed by atoms with Gasteiger partial charge in [0.25, 0.3) is 10.0 Å². The number of aryl methyl sites for hydroxylation is 2. The van der Waals surface area contributed by atoms with Gasteiger partial charge in [0.05, 0.1) is 23.1 Å². The number of aliphatic hydroxyl groups excluding tert-OH is 1. The van der Waals surface area contributed by atoms with Gasteiger partial charge < -0.3 is 31.8 Å². The monoisotopic (exact) mass is 1570 g/mol. The van der Waals surface area contributed by atoms with Gasteiger partial charge in [-0.2, -0.15) is 0 Å². The number of halogens is 6. The predicted molar refractivity (Wildman–Crippen MR) is 350 cm³/mol. The van der Waals surface area contributed by atoms with Crippen LogP contribution < -0.4 is 33.5 Å². The van der Waals surface area contributed by atoms with Gasteiger partial charge in [-0.25, -0.2) is 43.5 Å². The topological polar surface area (TPSA) is 210 Å². The Balaban J connectivity index is 0.000000331. The first-order valence-corrected chi connectivity index (χ1v) is 35.7. The maximum absolute atomic E-state index is 10.8. The summed E-state index contributed by atoms with van der Waals surface area (Å²) >= 11 is 24.9. The van der Waals surface area contributed by atoms with E-state index in [2.05, 4.69) is 207 Å². The summed E-state index contributed by atoms with van der Waals surface area (Å²) in [5, 5.41) is 17.4. The summed E-state index contributed by atoms with van der Waals surface area (Å²) < 4.78 is 36.4. The van der Waals surface area contributed by atoms with Crippen LogP contribution in [0.3, 0.4) is 0 Å². The molecule has 0 aliphatic rings. The van der Waals surface area contributed by atoms with Gasteiger partial charge in [-0.05, 0) is 135 Å². The van der Waals surface area contributed by atoms with E-state index in [0.29, 0.717) is 24.1 Å². The summed E-state index contributed by atoms with van der Waals surface area (Å²) in [5.74, 6) is 0. The molecule has 0 saturated carbocycles. The number of aromatic nitrogens is 6. The highest BCUT2D eigenvalue weighted by atomic mass is 79.9. The number of methoxy groups -OCH3 is 2. The fourth-order valence-electron chi connectivity index (χ4n) is 6.11. The molecule has 0 spiro atoms. The molecular formula is C52H56Br5ClN7O7PS7. The Bertz CT molecular complexity index is 3090. The number of carbonyl (C=O) groups excluding carboxylic acids is 2. The Labute approximate surface area is 540 Å². The number of thiazole rings is 6. The van der Waals surface area contributed by atoms with Crippen molar-refractivity contribution in [1.29, 1.82) is 0 Å². The number of hydrogen-bond donors (Lipinski definition) is 2. The average molecular weight is 1580 g/mol. The summed E-state index contributed by atoms with van der Waals surface area (Å²) in [6.07, 6.45) is 21.5. The van der Waals surface area contributed by atoms with Gasteiger partial charge in [0.1, 0.15) is 29.5 Å². The van der Waals surface area contributed by atoms with Crippen molar-refractivity contribution < 1.29 is 45.0 Å². The molecule has 3 N–H and O–H groups in total. The number of benzene rings is 3. The van der Waals surface area contributed by atoms with Gasteiger partial charge in [-0.15, -0.1) is 68.0 Å². The minimum absolute atomic E-state index is 0. The van der Waals surface area contributed by atoms with Crippen molar-refractivity contribution >= 4 is 200 Å². The molecule has 0 unspecified atom stereocenters. The van der Waals surface area contributed by atoms with Crippen LogP contribution in [0, 0.1) is 0 Å². The minimum Gasteiger partial charge on any atom is -1.00 e. The van der Waals surface area contributed by atoms with Crippen LogP contribution in [0.15, 0.2) is 158 Å². The summed E-state index contributed by atoms with van der Waals surface area (Å²) in [6, 6.07) is 32.3. The van der Waals surface area contributed by atoms with E-state index >= 15 is 0 Å². The number of ether oxygens (including phenoxy) is 2. The lowest BCUT2D eigenvalue weighted by molar-refractivity contribution is -0.107. The molecule has 3 aromatic carbocycles. The molecule has 0 fully saturated rings. The number of nitrogens with two attached hydrogens (primary N) is 1. The molecule has 9 aromatic rings. The van der Waals surface area contributed by atoms with Crippen molar-refractivity contribution in [2.75, 3.05) is 27.2 Å². The Hall–Kier alpha value is -2.73. The third-order valence-electron chi connectivity index (χ3n) is 9.38. The number of carbonyl (C=O) groups is 2. The predicted octanol–water partition coefficient (Wildman–Crippen LogP) is 11.5. The van der Waals surface area contributed by atoms with Crippen molar-refractivity contribution in [2.24, 2.45) is 5.14 Å². The summed E-state index contributed by atoms with van der Waals surface area (Å²) in [7, 11) is -1.96. The highest BCUT2D eigenvalue weighted by molar-refractivity contribution is 9.11. The first kappa shape index (κ1) is 73.4. The number of aldehydes is 2. The summed E-state index contributed by atoms with van der Waals surface area (Å²) in [5.41, 5.74) is 0. The Kier molecular flexibility index (Phi) is 38.6. The minimum atomic E-state index is -3.59. The Morgan fingerprint density at radius 1 is 0.562 bits per heavy atom. The second kappa shape index (κ2) is 42.1. The highest BCUT2D eigenvalue weighted by Crippen LogP contribution is 2.55. The average Bonchev–Trinajstić information content (AvgIpc) is 4.35. The molecule has 0 bridgehead atoms. The largest absolute Gasteiger partial charge is 1.00 e. The zero-order valence-electron chi connectivity index (χ0n) is 43.3. The van der Waals surface area contributed by atoms with Crippen molar-refractivity contribution in [3.05, 3.63) is 183 Å². The van der Waals surface area contributed by atoms with Crippen LogP contribution >= 0.6 is 155 Å². The molecule has 0 saturated heterocycles. The fourth-order valence-corrected chi connectivity index (χ4v) is 18.0. The van der Waals surface area contributed by atoms with Crippen LogP contribution in [0.5, 0.6) is 0 Å². The number of nitrogens with zero attached hydrogens (tertiary/aromatic N) is 6. The number of hydrogen-bond acceptors (Lipinski definition) is 19. The van der Waals surface area contributed by atoms with Gasteiger partial charge in [0, 0.05) is 83.2 Å². The number of primary sulfonamides is 1. The molecule has 28 heteroatoms. The van der Waals surface area contributed by atoms with Crippen LogP contribution in [0.25, 0.3) is 6.08 Å². The van der Waals surface area contributed by atoms with E-state index in [-0.39, 0.29) is 23.4 Å². The van der Waals surface area contributed by atoms with Crippen LogP contribution in [0.1, 0.15) is 60.7 Å². The molecule has 0 atom stereocenters. The van der Waals surface area contributed by atoms with E-state index in [0.717, 1.165) is 82.3 Å². The first-order valence-electron chi connectivity index (χ1n) is 23.3. The van der Waals surface area contributed by atoms with Crippen LogP contribution in [-0.2, 0) is 50.0 Å². The van der Waals surface area contributed by atoms with Crippen LogP contribution in [0.2, 0.25) is 0 Å². The molecule has 80 heavy (non-hydrogen) atoms. The standard InChI is InChI=1S/C20H20OP.C6H6BrNOS.C6H8BrNS.C6H10N2O2S2.C5H6BrNOS.C5H4BrNOS.C4H2BrNOS.ClH/c1-21-17-22(18-11-5-2-6-12-18,19-13-7-3-8-14-19)20-15-9-4-10-16-20;1-9-3-2-5-4-8-6(7)10-5;1-2-3-5-4-8-6(7)9-5;1-2-3-5-4-8-6(11-5)12(7,9)10;2*6-5-7-3-4(9-5)1-2-8;5-4-6-1-3(2-7)8-4;/h2-16H,17H2,1H3;2-4H,1H3;4H,2-3H2,1H3;4H,2-3H2,1H3,(H2,7,9,10);3,8H,1-2H2;2-3H,1H2;1-2H;1H/q+1;;;;;;;/p-1/b;3-2-;;;;;;. The van der Waals surface area contributed by atoms with Gasteiger partial charge in [0.2, 0.25) is 4.34 Å². The maximum Gasteiger partial charge on any atom is 0.265 e. The van der Waals surface area contributed by atoms with E-state index in [9.17, 15) is 18.0 Å². The molecule has 0 radical (unpaired) electrons. The Morgan fingerprint density at radius 3 is 1.26 bits per heavy atom. The highest BCUT2D eigenvalue weighted by Gasteiger charge is 2.45. The summed E-state index contributed by atoms with van der Waals surface area (Å²) in [4.78, 5) is 49.5. The Morgan fingerprint density at radius 2 is 0.950 bits per heavy atom. The van der Waals surface area contributed by atoms with Gasteiger partial charge in [-0.1, -0.05) is 81.3 Å². The lowest BCUT2D eigenvalue weighted by Gasteiger charge is -2.26. The zero-order valence-corrected chi connectivity index (χ0v) is 58.6. The van der Waals surface area contributed by atoms with Crippen molar-refractivity contribution in [1.82, 2.24) is 29.9 Å². The molecular weight excluding hydrogens is 1530 g/mol. The smallest absolute Gasteiger partial charge is 0.265 e. The van der Waals surface area contributed by atoms with Crippen LogP contribution in [0.4, 0.5) is 0 Å². The van der Waals surface area contributed by atoms with Crippen molar-refractivity contribution in [2.45, 2.75) is 56.7 Å². The number of sulfonamides is 1. The molecule has 0 aliphatic heterocycles. The normalized spacial score (nSPS) is 10.4.